The zero-order chi connectivity index (χ0) is 21.4. The molecule has 154 valence electrons. The molecule has 0 spiro atoms. The Kier molecular flexibility index (Phi) is 7.01. The molecule has 2 aromatic rings. The second-order valence-corrected chi connectivity index (χ2v) is 5.73. The number of halogens is 3. The largest absolute Gasteiger partial charge is 0.465 e. The fourth-order valence-electron chi connectivity index (χ4n) is 2.23. The van der Waals surface area contributed by atoms with Crippen molar-refractivity contribution in [2.24, 2.45) is 0 Å². The quantitative estimate of drug-likeness (QED) is 0.469. The summed E-state index contributed by atoms with van der Waals surface area (Å²) in [6.45, 7) is -0.122. The third kappa shape index (κ3) is 6.72. The number of benzene rings is 2. The number of amides is 3. The van der Waals surface area contributed by atoms with Crippen LogP contribution in [0.4, 0.5) is 29.3 Å². The highest BCUT2D eigenvalue weighted by Crippen LogP contribution is 2.30. The Morgan fingerprint density at radius 1 is 0.931 bits per heavy atom. The molecule has 0 radical (unpaired) electrons. The molecule has 0 atom stereocenters. The number of rotatable bonds is 6. The summed E-state index contributed by atoms with van der Waals surface area (Å²) in [7, 11) is 0. The normalized spacial score (nSPS) is 10.7. The maximum absolute atomic E-state index is 12.6. The summed E-state index contributed by atoms with van der Waals surface area (Å²) in [4.78, 5) is 34.2. The van der Waals surface area contributed by atoms with Crippen LogP contribution in [-0.2, 0) is 11.0 Å². The maximum atomic E-state index is 12.6. The van der Waals surface area contributed by atoms with E-state index in [0.29, 0.717) is 11.4 Å². The fraction of sp³-hybridized carbons (Fsp3) is 0.167. The predicted octanol–water partition coefficient (Wildman–Crippen LogP) is 2.87. The highest BCUT2D eigenvalue weighted by molar-refractivity contribution is 6.01. The summed E-state index contributed by atoms with van der Waals surface area (Å²) >= 11 is 0. The summed E-state index contributed by atoms with van der Waals surface area (Å²) in [6.07, 6.45) is -5.91. The van der Waals surface area contributed by atoms with E-state index < -0.39 is 29.6 Å². The van der Waals surface area contributed by atoms with Gasteiger partial charge in [0.2, 0.25) is 5.91 Å². The smallest absolute Gasteiger partial charge is 0.416 e. The number of para-hydroxylation sites is 1. The zero-order valence-electron chi connectivity index (χ0n) is 14.8. The van der Waals surface area contributed by atoms with Gasteiger partial charge in [-0.15, -0.1) is 0 Å². The van der Waals surface area contributed by atoms with E-state index >= 15 is 0 Å². The standard InChI is InChI=1S/C18H17F3N4O4/c19-18(20,21)11-5-7-12(8-6-11)23-14-4-2-1-3-13(14)16(27)25-24-15(26)9-10-22-17(28)29/h1-8,22-23H,9-10H2,(H,24,26)(H,25,27)(H,28,29). The van der Waals surface area contributed by atoms with Crippen molar-refractivity contribution in [3.05, 3.63) is 59.7 Å². The van der Waals surface area contributed by atoms with E-state index in [4.69, 9.17) is 5.11 Å². The Labute approximate surface area is 163 Å². The first-order valence-corrected chi connectivity index (χ1v) is 8.26. The van der Waals surface area contributed by atoms with Crippen molar-refractivity contribution in [1.29, 1.82) is 0 Å². The predicted molar refractivity (Wildman–Crippen MR) is 97.4 cm³/mol. The van der Waals surface area contributed by atoms with Gasteiger partial charge < -0.3 is 15.7 Å². The number of hydrazine groups is 1. The third-order valence-corrected chi connectivity index (χ3v) is 3.61. The topological polar surface area (TPSA) is 120 Å². The van der Waals surface area contributed by atoms with Crippen LogP contribution in [0, 0.1) is 0 Å². The van der Waals surface area contributed by atoms with Crippen molar-refractivity contribution >= 4 is 29.3 Å². The van der Waals surface area contributed by atoms with Gasteiger partial charge in [0.05, 0.1) is 16.8 Å². The SMILES string of the molecule is O=C(O)NCCC(=O)NNC(=O)c1ccccc1Nc1ccc(C(F)(F)F)cc1. The molecule has 29 heavy (non-hydrogen) atoms. The Bertz CT molecular complexity index is 885. The Balaban J connectivity index is 2.00. The molecular formula is C18H17F3N4O4. The number of hydrogen-bond donors (Lipinski definition) is 5. The molecule has 0 saturated carbocycles. The van der Waals surface area contributed by atoms with Crippen LogP contribution >= 0.6 is 0 Å². The number of alkyl halides is 3. The lowest BCUT2D eigenvalue weighted by molar-refractivity contribution is -0.137. The van der Waals surface area contributed by atoms with E-state index in [9.17, 15) is 27.6 Å². The number of hydrogen-bond acceptors (Lipinski definition) is 4. The molecule has 5 N–H and O–H groups in total. The van der Waals surface area contributed by atoms with E-state index in [1.54, 1.807) is 18.2 Å². The van der Waals surface area contributed by atoms with Crippen LogP contribution < -0.4 is 21.5 Å². The van der Waals surface area contributed by atoms with Crippen molar-refractivity contribution < 1.29 is 32.7 Å². The monoisotopic (exact) mass is 410 g/mol. The number of carbonyl (C=O) groups excluding carboxylic acids is 2. The average molecular weight is 410 g/mol. The third-order valence-electron chi connectivity index (χ3n) is 3.61. The first kappa shape index (κ1) is 21.5. The van der Waals surface area contributed by atoms with Crippen molar-refractivity contribution in [3.63, 3.8) is 0 Å². The Morgan fingerprint density at radius 2 is 1.59 bits per heavy atom. The molecule has 0 unspecified atom stereocenters. The molecule has 11 heteroatoms. The van der Waals surface area contributed by atoms with Crippen LogP contribution in [0.3, 0.4) is 0 Å². The van der Waals surface area contributed by atoms with Crippen LogP contribution in [0.15, 0.2) is 48.5 Å². The van der Waals surface area contributed by atoms with Crippen LogP contribution in [-0.4, -0.2) is 29.6 Å². The van der Waals surface area contributed by atoms with Crippen molar-refractivity contribution in [3.8, 4) is 0 Å². The summed E-state index contributed by atoms with van der Waals surface area (Å²) in [5.41, 5.74) is 4.32. The molecule has 2 rings (SSSR count). The van der Waals surface area contributed by atoms with Gasteiger partial charge in [0.15, 0.2) is 0 Å². The first-order valence-electron chi connectivity index (χ1n) is 8.26. The number of nitrogens with one attached hydrogen (secondary N) is 4. The highest BCUT2D eigenvalue weighted by Gasteiger charge is 2.29. The average Bonchev–Trinajstić information content (AvgIpc) is 2.66. The van der Waals surface area contributed by atoms with E-state index in [0.717, 1.165) is 12.1 Å². The van der Waals surface area contributed by atoms with Crippen molar-refractivity contribution in [2.45, 2.75) is 12.6 Å². The molecule has 0 saturated heterocycles. The van der Waals surface area contributed by atoms with Gasteiger partial charge in [-0.05, 0) is 36.4 Å². The molecule has 3 amide bonds. The minimum Gasteiger partial charge on any atom is -0.465 e. The molecule has 0 aliphatic heterocycles. The summed E-state index contributed by atoms with van der Waals surface area (Å²) in [5.74, 6) is -1.28. The molecule has 2 aromatic carbocycles. The Hall–Kier alpha value is -3.76. The van der Waals surface area contributed by atoms with Crippen LogP contribution in [0.2, 0.25) is 0 Å². The summed E-state index contributed by atoms with van der Waals surface area (Å²) in [6, 6.07) is 10.5. The number of carbonyl (C=O) groups is 3. The number of anilines is 2. The van der Waals surface area contributed by atoms with Gasteiger partial charge in [0.1, 0.15) is 0 Å². The molecule has 8 nitrogen and oxygen atoms in total. The van der Waals surface area contributed by atoms with Gasteiger partial charge in [-0.1, -0.05) is 12.1 Å². The first-order chi connectivity index (χ1) is 13.7. The van der Waals surface area contributed by atoms with Crippen molar-refractivity contribution in [2.75, 3.05) is 11.9 Å². The minimum atomic E-state index is -4.45. The maximum Gasteiger partial charge on any atom is 0.416 e. The lowest BCUT2D eigenvalue weighted by Crippen LogP contribution is -2.42. The van der Waals surface area contributed by atoms with Gasteiger partial charge in [0, 0.05) is 18.7 Å². The molecule has 0 bridgehead atoms. The van der Waals surface area contributed by atoms with E-state index in [2.05, 4.69) is 16.2 Å². The zero-order valence-corrected chi connectivity index (χ0v) is 14.8. The minimum absolute atomic E-state index is 0.122. The van der Waals surface area contributed by atoms with E-state index in [-0.39, 0.29) is 18.5 Å². The summed E-state index contributed by atoms with van der Waals surface area (Å²) < 4.78 is 37.9. The van der Waals surface area contributed by atoms with Crippen LogP contribution in [0.25, 0.3) is 0 Å². The van der Waals surface area contributed by atoms with Gasteiger partial charge in [-0.2, -0.15) is 13.2 Å². The lowest BCUT2D eigenvalue weighted by atomic mass is 10.1. The van der Waals surface area contributed by atoms with Gasteiger partial charge in [0.25, 0.3) is 5.91 Å². The second kappa shape index (κ2) is 9.44. The van der Waals surface area contributed by atoms with Gasteiger partial charge in [-0.25, -0.2) is 4.79 Å². The van der Waals surface area contributed by atoms with E-state index in [1.807, 2.05) is 5.32 Å². The van der Waals surface area contributed by atoms with Gasteiger partial charge in [-0.3, -0.25) is 20.4 Å². The lowest BCUT2D eigenvalue weighted by Gasteiger charge is -2.13. The van der Waals surface area contributed by atoms with E-state index in [1.165, 1.54) is 18.2 Å². The summed E-state index contributed by atoms with van der Waals surface area (Å²) in [5, 5.41) is 13.3. The van der Waals surface area contributed by atoms with Crippen LogP contribution in [0.1, 0.15) is 22.3 Å². The van der Waals surface area contributed by atoms with Crippen LogP contribution in [0.5, 0.6) is 0 Å². The molecular weight excluding hydrogens is 393 g/mol. The molecule has 0 fully saturated rings. The molecule has 0 aromatic heterocycles. The van der Waals surface area contributed by atoms with Gasteiger partial charge >= 0.3 is 12.3 Å². The number of carboxylic acid groups (broad SMARTS) is 1. The van der Waals surface area contributed by atoms with Crippen molar-refractivity contribution in [1.82, 2.24) is 16.2 Å². The second-order valence-electron chi connectivity index (χ2n) is 5.73. The molecule has 0 aliphatic rings. The molecule has 0 aliphatic carbocycles. The molecule has 0 heterocycles. The Morgan fingerprint density at radius 3 is 2.21 bits per heavy atom. The fourth-order valence-corrected chi connectivity index (χ4v) is 2.23. The highest BCUT2D eigenvalue weighted by atomic mass is 19.4.